The molecule has 36 heavy (non-hydrogen) atoms. The van der Waals surface area contributed by atoms with Crippen LogP contribution in [0.4, 0.5) is 25.7 Å². The van der Waals surface area contributed by atoms with Crippen LogP contribution >= 0.6 is 22.9 Å². The Kier molecular flexibility index (Phi) is 6.32. The van der Waals surface area contributed by atoms with Gasteiger partial charge in [-0.3, -0.25) is 9.89 Å². The summed E-state index contributed by atoms with van der Waals surface area (Å²) in [5, 5.41) is 29.0. The molecule has 0 spiro atoms. The van der Waals surface area contributed by atoms with E-state index < -0.39 is 6.09 Å². The Balaban J connectivity index is 1.38. The summed E-state index contributed by atoms with van der Waals surface area (Å²) in [5.41, 5.74) is 2.74. The maximum atomic E-state index is 13.1. The molecule has 5 aromatic rings. The van der Waals surface area contributed by atoms with E-state index in [9.17, 15) is 19.1 Å². The van der Waals surface area contributed by atoms with Crippen LogP contribution in [-0.2, 0) is 11.2 Å². The Hall–Kier alpha value is -4.35. The number of hydrogen-bond donors (Lipinski definition) is 3. The number of anilines is 3. The topological polar surface area (TPSA) is 124 Å². The molecule has 3 N–H and O–H groups in total. The average Bonchev–Trinajstić information content (AvgIpc) is 3.53. The first-order chi connectivity index (χ1) is 17.4. The molecule has 0 aliphatic carbocycles. The number of hydrogen-bond acceptors (Lipinski definition) is 6. The molecule has 0 unspecified atom stereocenters. The predicted molar refractivity (Wildman–Crippen MR) is 135 cm³/mol. The van der Waals surface area contributed by atoms with Gasteiger partial charge in [0.1, 0.15) is 10.8 Å². The highest BCUT2D eigenvalue weighted by atomic mass is 35.5. The largest absolute Gasteiger partial charge is 0.464 e. The van der Waals surface area contributed by atoms with E-state index in [2.05, 4.69) is 25.7 Å². The highest BCUT2D eigenvalue weighted by molar-refractivity contribution is 7.18. The second-order valence-corrected chi connectivity index (χ2v) is 9.00. The van der Waals surface area contributed by atoms with E-state index in [1.807, 2.05) is 0 Å². The molecule has 2 heterocycles. The van der Waals surface area contributed by atoms with Crippen LogP contribution in [0.25, 0.3) is 21.5 Å². The van der Waals surface area contributed by atoms with Crippen molar-refractivity contribution in [3.63, 3.8) is 0 Å². The van der Waals surface area contributed by atoms with Gasteiger partial charge in [-0.05, 0) is 42.0 Å². The van der Waals surface area contributed by atoms with Crippen molar-refractivity contribution in [1.29, 1.82) is 0 Å². The summed E-state index contributed by atoms with van der Waals surface area (Å²) in [5.74, 6) is -0.632. The number of aromatic nitrogens is 4. The fourth-order valence-corrected chi connectivity index (χ4v) is 4.72. The number of nitrogens with zero attached hydrogens (tertiary/aromatic N) is 4. The lowest BCUT2D eigenvalue weighted by Crippen LogP contribution is -2.23. The van der Waals surface area contributed by atoms with Gasteiger partial charge in [-0.25, -0.2) is 14.1 Å². The van der Waals surface area contributed by atoms with Crippen LogP contribution in [0, 0.1) is 5.82 Å². The zero-order valence-electron chi connectivity index (χ0n) is 18.3. The van der Waals surface area contributed by atoms with E-state index in [1.54, 1.807) is 48.5 Å². The smallest absolute Gasteiger partial charge is 0.418 e. The van der Waals surface area contributed by atoms with E-state index in [0.717, 1.165) is 16.2 Å². The Labute approximate surface area is 212 Å². The van der Waals surface area contributed by atoms with Gasteiger partial charge in [0.25, 0.3) is 0 Å². The third kappa shape index (κ3) is 4.74. The van der Waals surface area contributed by atoms with Crippen molar-refractivity contribution in [1.82, 2.24) is 20.4 Å². The van der Waals surface area contributed by atoms with Crippen molar-refractivity contribution in [2.75, 3.05) is 10.2 Å². The minimum atomic E-state index is -1.27. The molecule has 0 aliphatic rings. The van der Waals surface area contributed by atoms with Crippen LogP contribution in [-0.4, -0.2) is 37.5 Å². The number of carbonyl (C=O) groups excluding carboxylic acids is 1. The fourth-order valence-electron chi connectivity index (χ4n) is 3.58. The molecule has 3 aromatic carbocycles. The quantitative estimate of drug-likeness (QED) is 0.256. The molecular formula is C24H16ClFN6O3S. The Morgan fingerprint density at radius 2 is 1.92 bits per heavy atom. The standard InChI is InChI=1S/C24H16ClFN6O3S/c25-21-17-12-27-29-18(17)8-9-19(21)32(24(34)35)23-31-30-22(36-23)14-2-1-3-16(11-14)28-20(33)10-13-4-6-15(26)7-5-13/h1-9,11-12H,10H2,(H,27,29)(H,28,33)(H,34,35). The van der Waals surface area contributed by atoms with Gasteiger partial charge in [0, 0.05) is 16.6 Å². The average molecular weight is 523 g/mol. The van der Waals surface area contributed by atoms with Crippen LogP contribution in [0.15, 0.2) is 66.9 Å². The summed E-state index contributed by atoms with van der Waals surface area (Å²) in [6.45, 7) is 0. The summed E-state index contributed by atoms with van der Waals surface area (Å²) in [6, 6.07) is 15.9. The monoisotopic (exact) mass is 522 g/mol. The Morgan fingerprint density at radius 3 is 2.69 bits per heavy atom. The molecule has 9 nitrogen and oxygen atoms in total. The minimum absolute atomic E-state index is 0.0861. The molecule has 0 radical (unpaired) electrons. The number of rotatable bonds is 6. The predicted octanol–water partition coefficient (Wildman–Crippen LogP) is 5.87. The van der Waals surface area contributed by atoms with E-state index in [0.29, 0.717) is 32.7 Å². The van der Waals surface area contributed by atoms with Crippen LogP contribution in [0.3, 0.4) is 0 Å². The number of H-pyrrole nitrogens is 1. The molecule has 0 atom stereocenters. The van der Waals surface area contributed by atoms with Gasteiger partial charge in [0.05, 0.1) is 28.8 Å². The summed E-state index contributed by atoms with van der Waals surface area (Å²) >= 11 is 7.52. The van der Waals surface area contributed by atoms with Crippen LogP contribution in [0.1, 0.15) is 5.56 Å². The number of carbonyl (C=O) groups is 2. The molecule has 12 heteroatoms. The number of nitrogens with one attached hydrogen (secondary N) is 2. The van der Waals surface area contributed by atoms with Gasteiger partial charge in [-0.15, -0.1) is 10.2 Å². The van der Waals surface area contributed by atoms with Crippen LogP contribution < -0.4 is 10.2 Å². The molecule has 0 fully saturated rings. The molecular weight excluding hydrogens is 507 g/mol. The van der Waals surface area contributed by atoms with E-state index >= 15 is 0 Å². The lowest BCUT2D eigenvalue weighted by atomic mass is 10.1. The maximum Gasteiger partial charge on any atom is 0.418 e. The maximum absolute atomic E-state index is 13.1. The Bertz CT molecular complexity index is 1590. The van der Waals surface area contributed by atoms with Crippen molar-refractivity contribution in [2.24, 2.45) is 0 Å². The van der Waals surface area contributed by atoms with E-state index in [4.69, 9.17) is 11.6 Å². The van der Waals surface area contributed by atoms with Crippen molar-refractivity contribution in [3.05, 3.63) is 83.3 Å². The number of aromatic amines is 1. The summed E-state index contributed by atoms with van der Waals surface area (Å²) in [6.07, 6.45) is 0.329. The molecule has 0 aliphatic heterocycles. The van der Waals surface area contributed by atoms with Crippen LogP contribution in [0.2, 0.25) is 5.02 Å². The van der Waals surface area contributed by atoms with Crippen molar-refractivity contribution >= 4 is 62.3 Å². The first-order valence-electron chi connectivity index (χ1n) is 10.5. The zero-order chi connectivity index (χ0) is 25.2. The molecule has 0 saturated carbocycles. The van der Waals surface area contributed by atoms with Crippen molar-refractivity contribution < 1.29 is 19.1 Å². The van der Waals surface area contributed by atoms with Gasteiger partial charge in [-0.1, -0.05) is 47.2 Å². The summed E-state index contributed by atoms with van der Waals surface area (Å²) in [7, 11) is 0. The number of carboxylic acid groups (broad SMARTS) is 1. The molecule has 0 saturated heterocycles. The second-order valence-electron chi connectivity index (χ2n) is 7.67. The highest BCUT2D eigenvalue weighted by Crippen LogP contribution is 2.39. The van der Waals surface area contributed by atoms with E-state index in [1.165, 1.54) is 18.3 Å². The number of benzene rings is 3. The molecule has 5 rings (SSSR count). The third-order valence-corrected chi connectivity index (χ3v) is 6.60. The third-order valence-electron chi connectivity index (χ3n) is 5.25. The van der Waals surface area contributed by atoms with Gasteiger partial charge in [0.2, 0.25) is 11.0 Å². The first-order valence-corrected chi connectivity index (χ1v) is 11.7. The molecule has 180 valence electrons. The summed E-state index contributed by atoms with van der Waals surface area (Å²) in [4.78, 5) is 25.5. The number of halogens is 2. The van der Waals surface area contributed by atoms with Crippen molar-refractivity contribution in [3.8, 4) is 10.6 Å². The Morgan fingerprint density at radius 1 is 1.11 bits per heavy atom. The SMILES string of the molecule is O=C(Cc1ccc(F)cc1)Nc1cccc(-c2nnc(N(C(=O)O)c3ccc4[nH]ncc4c3Cl)s2)c1. The highest BCUT2D eigenvalue weighted by Gasteiger charge is 2.25. The van der Waals surface area contributed by atoms with Gasteiger partial charge >= 0.3 is 6.09 Å². The lowest BCUT2D eigenvalue weighted by molar-refractivity contribution is -0.115. The zero-order valence-corrected chi connectivity index (χ0v) is 19.8. The molecule has 2 aromatic heterocycles. The minimum Gasteiger partial charge on any atom is -0.464 e. The first kappa shape index (κ1) is 23.4. The van der Waals surface area contributed by atoms with Gasteiger partial charge in [-0.2, -0.15) is 5.10 Å². The molecule has 0 bridgehead atoms. The van der Waals surface area contributed by atoms with Gasteiger partial charge in [0.15, 0.2) is 0 Å². The second kappa shape index (κ2) is 9.72. The summed E-state index contributed by atoms with van der Waals surface area (Å²) < 4.78 is 13.1. The number of amides is 2. The van der Waals surface area contributed by atoms with Crippen molar-refractivity contribution in [2.45, 2.75) is 6.42 Å². The molecule has 2 amide bonds. The lowest BCUT2D eigenvalue weighted by Gasteiger charge is -2.17. The fraction of sp³-hybridized carbons (Fsp3) is 0.0417. The number of fused-ring (bicyclic) bond motifs is 1. The van der Waals surface area contributed by atoms with E-state index in [-0.39, 0.29) is 34.0 Å². The normalized spacial score (nSPS) is 10.9. The van der Waals surface area contributed by atoms with Crippen LogP contribution in [0.5, 0.6) is 0 Å². The van der Waals surface area contributed by atoms with Gasteiger partial charge < -0.3 is 10.4 Å².